The van der Waals surface area contributed by atoms with Crippen LogP contribution in [-0.2, 0) is 7.05 Å². The quantitative estimate of drug-likeness (QED) is 0.749. The molecule has 1 aromatic carbocycles. The number of nitrogens with zero attached hydrogens (tertiary/aromatic N) is 5. The third-order valence-corrected chi connectivity index (χ3v) is 3.59. The molecule has 0 saturated heterocycles. The Morgan fingerprint density at radius 3 is 2.52 bits per heavy atom. The minimum atomic E-state index is -0.696. The van der Waals surface area contributed by atoms with Crippen molar-refractivity contribution in [2.24, 2.45) is 12.8 Å². The van der Waals surface area contributed by atoms with Crippen LogP contribution in [0.2, 0.25) is 10.0 Å². The number of halogens is 2. The summed E-state index contributed by atoms with van der Waals surface area (Å²) in [4.78, 5) is 11.6. The minimum Gasteiger partial charge on any atom is -0.364 e. The molecule has 0 aliphatic rings. The molecule has 118 valence electrons. The van der Waals surface area contributed by atoms with E-state index in [0.717, 1.165) is 0 Å². The van der Waals surface area contributed by atoms with E-state index in [1.165, 1.54) is 9.36 Å². The number of benzene rings is 1. The zero-order valence-electron chi connectivity index (χ0n) is 11.9. The number of para-hydroxylation sites is 1. The van der Waals surface area contributed by atoms with E-state index in [0.29, 0.717) is 27.2 Å². The van der Waals surface area contributed by atoms with E-state index in [1.54, 1.807) is 37.6 Å². The van der Waals surface area contributed by atoms with Gasteiger partial charge >= 0.3 is 0 Å². The molecule has 0 saturated carbocycles. The van der Waals surface area contributed by atoms with E-state index in [9.17, 15) is 4.79 Å². The van der Waals surface area contributed by atoms with Gasteiger partial charge in [0.2, 0.25) is 0 Å². The standard InChI is InChI=1S/C13H11Cl2N7O/c1-21-6-10(18-20-21)17-9-5-22(19-11(9)13(16)23)12-7(14)3-2-4-8(12)15/h2-6,17H,1H3,(H2,16,23). The summed E-state index contributed by atoms with van der Waals surface area (Å²) in [7, 11) is 1.72. The smallest absolute Gasteiger partial charge is 0.271 e. The highest BCUT2D eigenvalue weighted by molar-refractivity contribution is 6.37. The van der Waals surface area contributed by atoms with Crippen LogP contribution in [0.4, 0.5) is 11.5 Å². The number of carbonyl (C=O) groups is 1. The van der Waals surface area contributed by atoms with Gasteiger partial charge in [0.25, 0.3) is 5.91 Å². The number of rotatable bonds is 4. The predicted octanol–water partition coefficient (Wildman–Crippen LogP) is 2.15. The van der Waals surface area contributed by atoms with Crippen molar-refractivity contribution in [2.75, 3.05) is 5.32 Å². The summed E-state index contributed by atoms with van der Waals surface area (Å²) >= 11 is 12.3. The number of amides is 1. The summed E-state index contributed by atoms with van der Waals surface area (Å²) in [6.45, 7) is 0. The first-order valence-electron chi connectivity index (χ1n) is 6.43. The Bertz CT molecular complexity index is 866. The van der Waals surface area contributed by atoms with Crippen LogP contribution in [0, 0.1) is 0 Å². The fourth-order valence-corrected chi connectivity index (χ4v) is 2.58. The number of hydrogen-bond acceptors (Lipinski definition) is 5. The molecule has 0 aliphatic heterocycles. The normalized spacial score (nSPS) is 10.7. The first-order valence-corrected chi connectivity index (χ1v) is 7.18. The SMILES string of the molecule is Cn1cc(Nc2cn(-c3c(Cl)cccc3Cl)nc2C(N)=O)nn1. The fraction of sp³-hybridized carbons (Fsp3) is 0.0769. The first kappa shape index (κ1) is 15.3. The zero-order valence-corrected chi connectivity index (χ0v) is 13.4. The lowest BCUT2D eigenvalue weighted by atomic mass is 10.3. The molecule has 0 radical (unpaired) electrons. The van der Waals surface area contributed by atoms with Gasteiger partial charge in [-0.15, -0.1) is 5.10 Å². The van der Waals surface area contributed by atoms with Crippen LogP contribution in [0.1, 0.15) is 10.5 Å². The van der Waals surface area contributed by atoms with Crippen molar-refractivity contribution in [1.82, 2.24) is 24.8 Å². The van der Waals surface area contributed by atoms with Gasteiger partial charge in [-0.05, 0) is 12.1 Å². The summed E-state index contributed by atoms with van der Waals surface area (Å²) in [6.07, 6.45) is 3.20. The number of nitrogens with two attached hydrogens (primary N) is 1. The Labute approximate surface area is 140 Å². The molecule has 0 aliphatic carbocycles. The van der Waals surface area contributed by atoms with Gasteiger partial charge in [0, 0.05) is 7.05 Å². The van der Waals surface area contributed by atoms with Gasteiger partial charge in [0.15, 0.2) is 11.5 Å². The second kappa shape index (κ2) is 5.90. The molecule has 0 fully saturated rings. The van der Waals surface area contributed by atoms with Crippen LogP contribution >= 0.6 is 23.2 Å². The number of aryl methyl sites for hydroxylation is 1. The Balaban J connectivity index is 2.07. The van der Waals surface area contributed by atoms with E-state index in [1.807, 2.05) is 0 Å². The Morgan fingerprint density at radius 1 is 1.26 bits per heavy atom. The molecular formula is C13H11Cl2N7O. The molecule has 23 heavy (non-hydrogen) atoms. The van der Waals surface area contributed by atoms with Gasteiger partial charge in [-0.2, -0.15) is 5.10 Å². The van der Waals surface area contributed by atoms with Gasteiger partial charge in [-0.3, -0.25) is 9.48 Å². The van der Waals surface area contributed by atoms with Gasteiger partial charge < -0.3 is 11.1 Å². The highest BCUT2D eigenvalue weighted by Crippen LogP contribution is 2.30. The van der Waals surface area contributed by atoms with Crippen molar-refractivity contribution in [2.45, 2.75) is 0 Å². The van der Waals surface area contributed by atoms with Crippen molar-refractivity contribution in [3.05, 3.63) is 46.3 Å². The third kappa shape index (κ3) is 2.99. The second-order valence-electron chi connectivity index (χ2n) is 4.67. The number of hydrogen-bond donors (Lipinski definition) is 2. The van der Waals surface area contributed by atoms with Crippen molar-refractivity contribution in [3.8, 4) is 5.69 Å². The lowest BCUT2D eigenvalue weighted by Gasteiger charge is -2.05. The third-order valence-electron chi connectivity index (χ3n) is 2.98. The highest BCUT2D eigenvalue weighted by Gasteiger charge is 2.18. The molecule has 3 aromatic rings. The van der Waals surface area contributed by atoms with Gasteiger partial charge in [0.1, 0.15) is 5.69 Å². The molecule has 0 spiro atoms. The summed E-state index contributed by atoms with van der Waals surface area (Å²) in [5.41, 5.74) is 6.23. The number of anilines is 2. The molecule has 8 nitrogen and oxygen atoms in total. The molecule has 0 bridgehead atoms. The molecule has 0 unspecified atom stereocenters. The number of nitrogens with one attached hydrogen (secondary N) is 1. The van der Waals surface area contributed by atoms with E-state index in [2.05, 4.69) is 20.7 Å². The van der Waals surface area contributed by atoms with Crippen molar-refractivity contribution in [3.63, 3.8) is 0 Å². The van der Waals surface area contributed by atoms with Gasteiger partial charge in [-0.25, -0.2) is 4.68 Å². The maximum absolute atomic E-state index is 11.6. The fourth-order valence-electron chi connectivity index (χ4n) is 2.01. The maximum atomic E-state index is 11.6. The summed E-state index contributed by atoms with van der Waals surface area (Å²) in [5, 5.41) is 15.6. The highest BCUT2D eigenvalue weighted by atomic mass is 35.5. The van der Waals surface area contributed by atoms with Crippen LogP contribution in [0.3, 0.4) is 0 Å². The average molecular weight is 352 g/mol. The maximum Gasteiger partial charge on any atom is 0.271 e. The molecule has 2 aromatic heterocycles. The zero-order chi connectivity index (χ0) is 16.6. The van der Waals surface area contributed by atoms with E-state index in [4.69, 9.17) is 28.9 Å². The van der Waals surface area contributed by atoms with Crippen LogP contribution in [0.25, 0.3) is 5.69 Å². The lowest BCUT2D eigenvalue weighted by molar-refractivity contribution is 0.0996. The van der Waals surface area contributed by atoms with Gasteiger partial charge in [0.05, 0.1) is 28.1 Å². The van der Waals surface area contributed by atoms with Crippen molar-refractivity contribution < 1.29 is 4.79 Å². The molecular weight excluding hydrogens is 341 g/mol. The first-order chi connectivity index (χ1) is 11.0. The van der Waals surface area contributed by atoms with Gasteiger partial charge in [-0.1, -0.05) is 34.5 Å². The van der Waals surface area contributed by atoms with Crippen LogP contribution < -0.4 is 11.1 Å². The predicted molar refractivity (Wildman–Crippen MR) is 86.4 cm³/mol. The minimum absolute atomic E-state index is 0.0339. The summed E-state index contributed by atoms with van der Waals surface area (Å²) in [5.74, 6) is -0.252. The molecule has 0 atom stereocenters. The summed E-state index contributed by atoms with van der Waals surface area (Å²) < 4.78 is 2.91. The molecule has 3 rings (SSSR count). The number of aromatic nitrogens is 5. The van der Waals surface area contributed by atoms with Crippen LogP contribution in [0.15, 0.2) is 30.6 Å². The molecule has 1 amide bonds. The van der Waals surface area contributed by atoms with E-state index >= 15 is 0 Å². The largest absolute Gasteiger partial charge is 0.364 e. The van der Waals surface area contributed by atoms with E-state index in [-0.39, 0.29) is 5.69 Å². The second-order valence-corrected chi connectivity index (χ2v) is 5.49. The Morgan fingerprint density at radius 2 is 1.96 bits per heavy atom. The Kier molecular flexibility index (Phi) is 3.93. The van der Waals surface area contributed by atoms with Crippen molar-refractivity contribution in [1.29, 1.82) is 0 Å². The molecule has 10 heteroatoms. The Hall–Kier alpha value is -2.58. The molecule has 2 heterocycles. The average Bonchev–Trinajstić information content (AvgIpc) is 3.06. The number of primary amides is 1. The van der Waals surface area contributed by atoms with Crippen LogP contribution in [0.5, 0.6) is 0 Å². The number of carbonyl (C=O) groups excluding carboxylic acids is 1. The monoisotopic (exact) mass is 351 g/mol. The molecule has 3 N–H and O–H groups in total. The summed E-state index contributed by atoms with van der Waals surface area (Å²) in [6, 6.07) is 5.06. The topological polar surface area (TPSA) is 104 Å². The van der Waals surface area contributed by atoms with Crippen molar-refractivity contribution >= 4 is 40.6 Å². The van der Waals surface area contributed by atoms with Crippen LogP contribution in [-0.4, -0.2) is 30.7 Å². The lowest BCUT2D eigenvalue weighted by Crippen LogP contribution is -2.14. The van der Waals surface area contributed by atoms with E-state index < -0.39 is 5.91 Å².